The standard InChI is InChI=1S/C12H14BrClN2O3/c1-12(2,10(17)18)16(3)11(19)15-7-4-5-9(14)8(13)6-7/h4-6H,1-3H3,(H,15,19)(H,17,18). The van der Waals surface area contributed by atoms with Crippen LogP contribution in [0.3, 0.4) is 0 Å². The molecule has 0 atom stereocenters. The summed E-state index contributed by atoms with van der Waals surface area (Å²) in [6, 6.07) is 4.39. The van der Waals surface area contributed by atoms with Crippen LogP contribution in [0.25, 0.3) is 0 Å². The third kappa shape index (κ3) is 3.61. The number of likely N-dealkylation sites (N-methyl/N-ethyl adjacent to an activating group) is 1. The molecule has 1 aromatic carbocycles. The van der Waals surface area contributed by atoms with Crippen LogP contribution < -0.4 is 5.32 Å². The zero-order chi connectivity index (χ0) is 14.8. The number of carbonyl (C=O) groups is 2. The molecular weight excluding hydrogens is 336 g/mol. The van der Waals surface area contributed by atoms with Gasteiger partial charge in [-0.3, -0.25) is 0 Å². The maximum absolute atomic E-state index is 12.0. The lowest BCUT2D eigenvalue weighted by Gasteiger charge is -2.31. The van der Waals surface area contributed by atoms with Crippen LogP contribution in [0.1, 0.15) is 13.8 Å². The van der Waals surface area contributed by atoms with E-state index in [1.165, 1.54) is 20.9 Å². The number of nitrogens with one attached hydrogen (secondary N) is 1. The number of benzene rings is 1. The highest BCUT2D eigenvalue weighted by atomic mass is 79.9. The van der Waals surface area contributed by atoms with Gasteiger partial charge in [0.2, 0.25) is 0 Å². The van der Waals surface area contributed by atoms with Crippen molar-refractivity contribution in [3.63, 3.8) is 0 Å². The smallest absolute Gasteiger partial charge is 0.329 e. The first-order chi connectivity index (χ1) is 8.66. The molecule has 1 aromatic rings. The Kier molecular flexibility index (Phi) is 4.81. The van der Waals surface area contributed by atoms with Crippen LogP contribution in [0.5, 0.6) is 0 Å². The normalized spacial score (nSPS) is 11.0. The van der Waals surface area contributed by atoms with Crippen molar-refractivity contribution in [2.75, 3.05) is 12.4 Å². The van der Waals surface area contributed by atoms with Gasteiger partial charge in [0, 0.05) is 17.2 Å². The minimum Gasteiger partial charge on any atom is -0.480 e. The number of halogens is 2. The summed E-state index contributed by atoms with van der Waals surface area (Å²) < 4.78 is 0.645. The monoisotopic (exact) mass is 348 g/mol. The molecule has 7 heteroatoms. The average molecular weight is 350 g/mol. The summed E-state index contributed by atoms with van der Waals surface area (Å²) in [6.07, 6.45) is 0. The molecule has 5 nitrogen and oxygen atoms in total. The van der Waals surface area contributed by atoms with Crippen LogP contribution >= 0.6 is 27.5 Å². The Morgan fingerprint density at radius 2 is 2.00 bits per heavy atom. The summed E-state index contributed by atoms with van der Waals surface area (Å²) in [5.41, 5.74) is -0.775. The quantitative estimate of drug-likeness (QED) is 0.878. The first-order valence-corrected chi connectivity index (χ1v) is 6.56. The molecule has 0 saturated carbocycles. The van der Waals surface area contributed by atoms with E-state index in [2.05, 4.69) is 21.2 Å². The molecule has 19 heavy (non-hydrogen) atoms. The minimum absolute atomic E-state index is 0.512. The van der Waals surface area contributed by atoms with E-state index >= 15 is 0 Å². The molecule has 2 N–H and O–H groups in total. The molecule has 0 radical (unpaired) electrons. The Morgan fingerprint density at radius 1 is 1.42 bits per heavy atom. The maximum atomic E-state index is 12.0. The molecule has 0 aromatic heterocycles. The van der Waals surface area contributed by atoms with Crippen LogP contribution in [-0.4, -0.2) is 34.6 Å². The SMILES string of the molecule is CN(C(=O)Nc1ccc(Cl)c(Br)c1)C(C)(C)C(=O)O. The van der Waals surface area contributed by atoms with Crippen molar-refractivity contribution in [1.82, 2.24) is 4.90 Å². The van der Waals surface area contributed by atoms with Crippen LogP contribution in [-0.2, 0) is 4.79 Å². The predicted octanol–water partition coefficient (Wildman–Crippen LogP) is 3.43. The number of carbonyl (C=O) groups excluding carboxylic acids is 1. The van der Waals surface area contributed by atoms with Gasteiger partial charge in [0.15, 0.2) is 0 Å². The van der Waals surface area contributed by atoms with Crippen LogP contribution in [0.4, 0.5) is 10.5 Å². The highest BCUT2D eigenvalue weighted by Crippen LogP contribution is 2.26. The number of aliphatic carboxylic acids is 1. The fourth-order valence-electron chi connectivity index (χ4n) is 1.18. The summed E-state index contributed by atoms with van der Waals surface area (Å²) in [5, 5.41) is 12.2. The second-order valence-electron chi connectivity index (χ2n) is 4.48. The molecule has 0 unspecified atom stereocenters. The Bertz CT molecular complexity index is 520. The Balaban J connectivity index is 2.85. The molecule has 0 aliphatic rings. The Labute approximate surface area is 124 Å². The van der Waals surface area contributed by atoms with Gasteiger partial charge in [-0.25, -0.2) is 9.59 Å². The van der Waals surface area contributed by atoms with Crippen LogP contribution in [0.15, 0.2) is 22.7 Å². The van der Waals surface area contributed by atoms with Crippen molar-refractivity contribution in [2.24, 2.45) is 0 Å². The summed E-state index contributed by atoms with van der Waals surface area (Å²) in [5.74, 6) is -1.08. The fourth-order valence-corrected chi connectivity index (χ4v) is 1.67. The van der Waals surface area contributed by atoms with E-state index in [9.17, 15) is 9.59 Å². The van der Waals surface area contributed by atoms with E-state index < -0.39 is 17.5 Å². The second-order valence-corrected chi connectivity index (χ2v) is 5.74. The van der Waals surface area contributed by atoms with Crippen molar-refractivity contribution < 1.29 is 14.7 Å². The summed E-state index contributed by atoms with van der Waals surface area (Å²) in [4.78, 5) is 24.2. The first kappa shape index (κ1) is 15.8. The summed E-state index contributed by atoms with van der Waals surface area (Å²) in [7, 11) is 1.43. The highest BCUT2D eigenvalue weighted by Gasteiger charge is 2.35. The van der Waals surface area contributed by atoms with Crippen molar-refractivity contribution in [3.8, 4) is 0 Å². The van der Waals surface area contributed by atoms with E-state index in [0.717, 1.165) is 4.90 Å². The lowest BCUT2D eigenvalue weighted by molar-refractivity contribution is -0.146. The van der Waals surface area contributed by atoms with Gasteiger partial charge in [-0.1, -0.05) is 11.6 Å². The molecule has 0 saturated heterocycles. The Hall–Kier alpha value is -1.27. The molecule has 0 fully saturated rings. The number of carboxylic acid groups (broad SMARTS) is 1. The molecule has 0 spiro atoms. The number of carboxylic acids is 1. The average Bonchev–Trinajstić information content (AvgIpc) is 2.32. The van der Waals surface area contributed by atoms with Gasteiger partial charge in [0.25, 0.3) is 0 Å². The van der Waals surface area contributed by atoms with Gasteiger partial charge in [-0.2, -0.15) is 0 Å². The van der Waals surface area contributed by atoms with Crippen LogP contribution in [0, 0.1) is 0 Å². The molecule has 104 valence electrons. The number of hydrogen-bond donors (Lipinski definition) is 2. The number of amides is 2. The van der Waals surface area contributed by atoms with Gasteiger partial charge in [0.05, 0.1) is 5.02 Å². The van der Waals surface area contributed by atoms with Crippen LogP contribution in [0.2, 0.25) is 5.02 Å². The minimum atomic E-state index is -1.30. The number of hydrogen-bond acceptors (Lipinski definition) is 2. The van der Waals surface area contributed by atoms with Crippen molar-refractivity contribution in [2.45, 2.75) is 19.4 Å². The van der Waals surface area contributed by atoms with Gasteiger partial charge in [-0.15, -0.1) is 0 Å². The summed E-state index contributed by atoms with van der Waals surface area (Å²) in [6.45, 7) is 2.90. The number of rotatable bonds is 3. The van der Waals surface area contributed by atoms with Gasteiger partial charge < -0.3 is 15.3 Å². The summed E-state index contributed by atoms with van der Waals surface area (Å²) >= 11 is 9.09. The second kappa shape index (κ2) is 5.79. The van der Waals surface area contributed by atoms with E-state index in [-0.39, 0.29) is 0 Å². The molecule has 0 heterocycles. The zero-order valence-electron chi connectivity index (χ0n) is 10.7. The zero-order valence-corrected chi connectivity index (χ0v) is 13.0. The molecular formula is C12H14BrClN2O3. The van der Waals surface area contributed by atoms with E-state index in [1.54, 1.807) is 18.2 Å². The maximum Gasteiger partial charge on any atom is 0.329 e. The highest BCUT2D eigenvalue weighted by molar-refractivity contribution is 9.10. The van der Waals surface area contributed by atoms with Gasteiger partial charge >= 0.3 is 12.0 Å². The molecule has 1 rings (SSSR count). The third-order valence-corrected chi connectivity index (χ3v) is 4.05. The number of nitrogens with zero attached hydrogens (tertiary/aromatic N) is 1. The van der Waals surface area contributed by atoms with E-state index in [1.807, 2.05) is 0 Å². The first-order valence-electron chi connectivity index (χ1n) is 5.39. The number of anilines is 1. The Morgan fingerprint density at radius 3 is 2.47 bits per heavy atom. The van der Waals surface area contributed by atoms with E-state index in [4.69, 9.17) is 16.7 Å². The molecule has 0 bridgehead atoms. The van der Waals surface area contributed by atoms with Crippen molar-refractivity contribution in [1.29, 1.82) is 0 Å². The topological polar surface area (TPSA) is 69.6 Å². The molecule has 0 aliphatic carbocycles. The lowest BCUT2D eigenvalue weighted by Crippen LogP contribution is -2.52. The van der Waals surface area contributed by atoms with Gasteiger partial charge in [-0.05, 0) is 48.0 Å². The molecule has 2 amide bonds. The largest absolute Gasteiger partial charge is 0.480 e. The third-order valence-electron chi connectivity index (χ3n) is 2.84. The number of urea groups is 1. The van der Waals surface area contributed by atoms with Crippen molar-refractivity contribution in [3.05, 3.63) is 27.7 Å². The fraction of sp³-hybridized carbons (Fsp3) is 0.333. The molecule has 0 aliphatic heterocycles. The van der Waals surface area contributed by atoms with E-state index in [0.29, 0.717) is 15.2 Å². The lowest BCUT2D eigenvalue weighted by atomic mass is 10.1. The van der Waals surface area contributed by atoms with Gasteiger partial charge in [0.1, 0.15) is 5.54 Å². The predicted molar refractivity (Wildman–Crippen MR) is 77.6 cm³/mol. The van der Waals surface area contributed by atoms with Crippen molar-refractivity contribution >= 4 is 45.2 Å².